The van der Waals surface area contributed by atoms with Gasteiger partial charge in [-0.05, 0) is 47.2 Å². The van der Waals surface area contributed by atoms with E-state index in [1.807, 2.05) is 61.5 Å². The lowest BCUT2D eigenvalue weighted by Gasteiger charge is -2.08. The molecule has 3 heteroatoms. The Morgan fingerprint density at radius 3 is 2.32 bits per heavy atom. The Hall–Kier alpha value is -2.81. The van der Waals surface area contributed by atoms with Crippen molar-refractivity contribution in [1.29, 1.82) is 0 Å². The van der Waals surface area contributed by atoms with Crippen LogP contribution in [0.15, 0.2) is 66.7 Å². The molecule has 3 aromatic carbocycles. The summed E-state index contributed by atoms with van der Waals surface area (Å²) in [5.41, 5.74) is 0.776. The molecule has 0 saturated heterocycles. The fourth-order valence-electron chi connectivity index (χ4n) is 2.22. The molecule has 3 nitrogen and oxygen atoms in total. The second kappa shape index (κ2) is 6.31. The normalized spacial score (nSPS) is 10.4. The van der Waals surface area contributed by atoms with Gasteiger partial charge < -0.3 is 10.1 Å². The van der Waals surface area contributed by atoms with Crippen LogP contribution in [0.3, 0.4) is 0 Å². The maximum Gasteiger partial charge on any atom is 0.224 e. The van der Waals surface area contributed by atoms with Crippen LogP contribution < -0.4 is 10.1 Å². The lowest BCUT2D eigenvalue weighted by molar-refractivity contribution is -0.115. The molecule has 0 atom stereocenters. The number of ether oxygens (including phenoxy) is 1. The predicted molar refractivity (Wildman–Crippen MR) is 89.4 cm³/mol. The van der Waals surface area contributed by atoms with Gasteiger partial charge in [0, 0.05) is 12.1 Å². The van der Waals surface area contributed by atoms with Crippen molar-refractivity contribution in [1.82, 2.24) is 0 Å². The van der Waals surface area contributed by atoms with Crippen LogP contribution in [-0.4, -0.2) is 5.91 Å². The summed E-state index contributed by atoms with van der Waals surface area (Å²) in [6.45, 7) is 1.83. The van der Waals surface area contributed by atoms with E-state index in [0.29, 0.717) is 6.42 Å². The number of rotatable bonds is 4. The van der Waals surface area contributed by atoms with Gasteiger partial charge in [0.05, 0.1) is 0 Å². The minimum atomic E-state index is 0.00296. The van der Waals surface area contributed by atoms with E-state index in [1.54, 1.807) is 0 Å². The molecule has 0 fully saturated rings. The molecular weight excluding hydrogens is 274 g/mol. The SMILES string of the molecule is CCC(=O)Nc1ccc(Oc2ccc3ccccc3c2)cc1. The van der Waals surface area contributed by atoms with Crippen LogP contribution in [0.4, 0.5) is 5.69 Å². The highest BCUT2D eigenvalue weighted by molar-refractivity contribution is 5.90. The molecule has 22 heavy (non-hydrogen) atoms. The molecule has 1 N–H and O–H groups in total. The molecule has 0 radical (unpaired) electrons. The van der Waals surface area contributed by atoms with Gasteiger partial charge in [-0.2, -0.15) is 0 Å². The quantitative estimate of drug-likeness (QED) is 0.736. The first kappa shape index (κ1) is 14.1. The van der Waals surface area contributed by atoms with E-state index in [9.17, 15) is 4.79 Å². The van der Waals surface area contributed by atoms with Crippen molar-refractivity contribution >= 4 is 22.4 Å². The molecule has 3 aromatic rings. The maximum atomic E-state index is 11.3. The molecule has 3 rings (SSSR count). The molecule has 0 unspecified atom stereocenters. The van der Waals surface area contributed by atoms with Crippen LogP contribution in [0.25, 0.3) is 10.8 Å². The zero-order valence-electron chi connectivity index (χ0n) is 12.4. The molecule has 0 heterocycles. The number of benzene rings is 3. The summed E-state index contributed by atoms with van der Waals surface area (Å²) in [5, 5.41) is 5.15. The number of fused-ring (bicyclic) bond motifs is 1. The summed E-state index contributed by atoms with van der Waals surface area (Å²) < 4.78 is 5.86. The molecule has 0 bridgehead atoms. The summed E-state index contributed by atoms with van der Waals surface area (Å²) in [7, 11) is 0. The van der Waals surface area contributed by atoms with E-state index < -0.39 is 0 Å². The maximum absolute atomic E-state index is 11.3. The standard InChI is InChI=1S/C19H17NO2/c1-2-19(21)20-16-8-11-17(12-9-16)22-18-10-7-14-5-3-4-6-15(14)13-18/h3-13H,2H2,1H3,(H,20,21). The van der Waals surface area contributed by atoms with Crippen LogP contribution in [0.2, 0.25) is 0 Å². The van der Waals surface area contributed by atoms with Gasteiger partial charge in [-0.15, -0.1) is 0 Å². The average Bonchev–Trinajstić information content (AvgIpc) is 2.56. The Morgan fingerprint density at radius 2 is 1.59 bits per heavy atom. The molecule has 0 saturated carbocycles. The molecule has 110 valence electrons. The number of hydrogen-bond donors (Lipinski definition) is 1. The Bertz CT molecular complexity index is 794. The number of amides is 1. The largest absolute Gasteiger partial charge is 0.457 e. The number of carbonyl (C=O) groups is 1. The average molecular weight is 291 g/mol. The molecule has 0 aliphatic carbocycles. The highest BCUT2D eigenvalue weighted by atomic mass is 16.5. The summed E-state index contributed by atoms with van der Waals surface area (Å²) in [6, 6.07) is 21.5. The Balaban J connectivity index is 1.75. The molecular formula is C19H17NO2. The Labute approximate surface area is 129 Å². The fraction of sp³-hybridized carbons (Fsp3) is 0.105. The van der Waals surface area contributed by atoms with Gasteiger partial charge in [0.1, 0.15) is 11.5 Å². The summed E-state index contributed by atoms with van der Waals surface area (Å²) in [4.78, 5) is 11.3. The van der Waals surface area contributed by atoms with Crippen molar-refractivity contribution in [2.24, 2.45) is 0 Å². The van der Waals surface area contributed by atoms with E-state index in [4.69, 9.17) is 4.74 Å². The minimum Gasteiger partial charge on any atom is -0.457 e. The lowest BCUT2D eigenvalue weighted by atomic mass is 10.1. The first-order valence-electron chi connectivity index (χ1n) is 7.31. The second-order valence-corrected chi connectivity index (χ2v) is 5.04. The van der Waals surface area contributed by atoms with Gasteiger partial charge in [-0.3, -0.25) is 4.79 Å². The zero-order valence-corrected chi connectivity index (χ0v) is 12.4. The van der Waals surface area contributed by atoms with Gasteiger partial charge in [-0.1, -0.05) is 37.3 Å². The zero-order chi connectivity index (χ0) is 15.4. The van der Waals surface area contributed by atoms with Crippen LogP contribution in [0.5, 0.6) is 11.5 Å². The minimum absolute atomic E-state index is 0.00296. The van der Waals surface area contributed by atoms with E-state index >= 15 is 0 Å². The summed E-state index contributed by atoms with van der Waals surface area (Å²) in [5.74, 6) is 1.54. The van der Waals surface area contributed by atoms with E-state index in [-0.39, 0.29) is 5.91 Å². The first-order chi connectivity index (χ1) is 10.7. The second-order valence-electron chi connectivity index (χ2n) is 5.04. The summed E-state index contributed by atoms with van der Waals surface area (Å²) >= 11 is 0. The topological polar surface area (TPSA) is 38.3 Å². The van der Waals surface area contributed by atoms with Crippen molar-refractivity contribution in [3.8, 4) is 11.5 Å². The van der Waals surface area contributed by atoms with Crippen molar-refractivity contribution < 1.29 is 9.53 Å². The van der Waals surface area contributed by atoms with Gasteiger partial charge >= 0.3 is 0 Å². The predicted octanol–water partition coefficient (Wildman–Crippen LogP) is 4.98. The third-order valence-electron chi connectivity index (χ3n) is 3.42. The van der Waals surface area contributed by atoms with E-state index in [1.165, 1.54) is 5.39 Å². The van der Waals surface area contributed by atoms with Crippen LogP contribution in [0, 0.1) is 0 Å². The van der Waals surface area contributed by atoms with Gasteiger partial charge in [0.2, 0.25) is 5.91 Å². The highest BCUT2D eigenvalue weighted by Gasteiger charge is 2.02. The van der Waals surface area contributed by atoms with Gasteiger partial charge in [-0.25, -0.2) is 0 Å². The van der Waals surface area contributed by atoms with E-state index in [0.717, 1.165) is 22.6 Å². The molecule has 0 aliphatic rings. The van der Waals surface area contributed by atoms with Crippen molar-refractivity contribution in [3.05, 3.63) is 66.7 Å². The van der Waals surface area contributed by atoms with Crippen molar-refractivity contribution in [3.63, 3.8) is 0 Å². The fourth-order valence-corrected chi connectivity index (χ4v) is 2.22. The van der Waals surface area contributed by atoms with Crippen LogP contribution in [0.1, 0.15) is 13.3 Å². The number of nitrogens with one attached hydrogen (secondary N) is 1. The van der Waals surface area contributed by atoms with Gasteiger partial charge in [0.25, 0.3) is 0 Å². The third kappa shape index (κ3) is 3.26. The van der Waals surface area contributed by atoms with Crippen LogP contribution >= 0.6 is 0 Å². The van der Waals surface area contributed by atoms with E-state index in [2.05, 4.69) is 17.4 Å². The smallest absolute Gasteiger partial charge is 0.224 e. The van der Waals surface area contributed by atoms with Crippen molar-refractivity contribution in [2.45, 2.75) is 13.3 Å². The molecule has 0 aromatic heterocycles. The number of carbonyl (C=O) groups excluding carboxylic acids is 1. The molecule has 1 amide bonds. The van der Waals surface area contributed by atoms with Crippen LogP contribution in [-0.2, 0) is 4.79 Å². The molecule has 0 spiro atoms. The van der Waals surface area contributed by atoms with Gasteiger partial charge in [0.15, 0.2) is 0 Å². The third-order valence-corrected chi connectivity index (χ3v) is 3.42. The number of anilines is 1. The Kier molecular flexibility index (Phi) is 4.05. The van der Waals surface area contributed by atoms with Crippen molar-refractivity contribution in [2.75, 3.05) is 5.32 Å². The lowest BCUT2D eigenvalue weighted by Crippen LogP contribution is -2.08. The molecule has 0 aliphatic heterocycles. The number of hydrogen-bond acceptors (Lipinski definition) is 2. The first-order valence-corrected chi connectivity index (χ1v) is 7.31. The monoisotopic (exact) mass is 291 g/mol. The Morgan fingerprint density at radius 1 is 0.909 bits per heavy atom. The highest BCUT2D eigenvalue weighted by Crippen LogP contribution is 2.26. The summed E-state index contributed by atoms with van der Waals surface area (Å²) in [6.07, 6.45) is 0.468.